The fourth-order valence-corrected chi connectivity index (χ4v) is 3.33. The second kappa shape index (κ2) is 7.70. The van der Waals surface area contributed by atoms with Gasteiger partial charge in [0, 0.05) is 24.0 Å². The second-order valence-electron chi connectivity index (χ2n) is 6.61. The molecule has 1 unspecified atom stereocenters. The van der Waals surface area contributed by atoms with Crippen molar-refractivity contribution < 1.29 is 19.1 Å². The Morgan fingerprint density at radius 3 is 2.56 bits per heavy atom. The molecule has 2 aromatic rings. The van der Waals surface area contributed by atoms with Gasteiger partial charge in [0.2, 0.25) is 11.8 Å². The smallest absolute Gasteiger partial charge is 0.239 e. The number of benzene rings is 2. The summed E-state index contributed by atoms with van der Waals surface area (Å²) in [6.07, 6.45) is 0.491. The van der Waals surface area contributed by atoms with E-state index in [0.29, 0.717) is 30.2 Å². The molecule has 6 heteroatoms. The summed E-state index contributed by atoms with van der Waals surface area (Å²) in [5.74, 6) is -0.0710. The lowest BCUT2D eigenvalue weighted by molar-refractivity contribution is -0.129. The van der Waals surface area contributed by atoms with Crippen LogP contribution in [0.25, 0.3) is 0 Å². The van der Waals surface area contributed by atoms with Crippen LogP contribution in [0.5, 0.6) is 11.5 Å². The summed E-state index contributed by atoms with van der Waals surface area (Å²) in [5, 5.41) is 2.82. The minimum Gasteiger partial charge on any atom is -0.493 e. The van der Waals surface area contributed by atoms with E-state index in [-0.39, 0.29) is 11.8 Å². The zero-order valence-corrected chi connectivity index (χ0v) is 16.0. The molecule has 1 aliphatic heterocycles. The van der Waals surface area contributed by atoms with Crippen LogP contribution in [0.15, 0.2) is 36.4 Å². The van der Waals surface area contributed by atoms with Gasteiger partial charge in [0.15, 0.2) is 11.5 Å². The average Bonchev–Trinajstić information content (AvgIpc) is 3.05. The molecule has 142 valence electrons. The van der Waals surface area contributed by atoms with Gasteiger partial charge < -0.3 is 19.7 Å². The van der Waals surface area contributed by atoms with Gasteiger partial charge in [-0.1, -0.05) is 12.1 Å². The topological polar surface area (TPSA) is 67.9 Å². The van der Waals surface area contributed by atoms with E-state index in [0.717, 1.165) is 16.8 Å². The Hall–Kier alpha value is -3.02. The van der Waals surface area contributed by atoms with E-state index in [9.17, 15) is 9.59 Å². The maximum atomic E-state index is 12.8. The fraction of sp³-hybridized carbons (Fsp3) is 0.333. The van der Waals surface area contributed by atoms with Crippen LogP contribution in [0.4, 0.5) is 11.4 Å². The SMILES string of the molecule is COc1ccc(NC(=O)C2CCN(c3cccc(C)c3C)C2=O)cc1OC. The monoisotopic (exact) mass is 368 g/mol. The Morgan fingerprint density at radius 2 is 1.85 bits per heavy atom. The Kier molecular flexibility index (Phi) is 5.35. The first-order chi connectivity index (χ1) is 13.0. The Labute approximate surface area is 159 Å². The lowest BCUT2D eigenvalue weighted by Gasteiger charge is -2.20. The third kappa shape index (κ3) is 3.60. The maximum Gasteiger partial charge on any atom is 0.239 e. The molecule has 1 atom stereocenters. The van der Waals surface area contributed by atoms with Crippen molar-refractivity contribution in [2.75, 3.05) is 31.0 Å². The quantitative estimate of drug-likeness (QED) is 0.822. The van der Waals surface area contributed by atoms with Crippen LogP contribution in [-0.2, 0) is 9.59 Å². The number of hydrogen-bond acceptors (Lipinski definition) is 4. The third-order valence-corrected chi connectivity index (χ3v) is 5.04. The number of aryl methyl sites for hydroxylation is 1. The molecule has 0 radical (unpaired) electrons. The van der Waals surface area contributed by atoms with Gasteiger partial charge in [-0.3, -0.25) is 9.59 Å². The van der Waals surface area contributed by atoms with Crippen molar-refractivity contribution in [3.05, 3.63) is 47.5 Å². The van der Waals surface area contributed by atoms with Gasteiger partial charge in [0.05, 0.1) is 14.2 Å². The molecule has 2 amide bonds. The zero-order valence-electron chi connectivity index (χ0n) is 16.0. The van der Waals surface area contributed by atoms with Crippen LogP contribution < -0.4 is 19.7 Å². The fourth-order valence-electron chi connectivity index (χ4n) is 3.33. The van der Waals surface area contributed by atoms with Crippen LogP contribution in [-0.4, -0.2) is 32.6 Å². The summed E-state index contributed by atoms with van der Waals surface area (Å²) in [6.45, 7) is 4.54. The van der Waals surface area contributed by atoms with Crippen molar-refractivity contribution >= 4 is 23.2 Å². The summed E-state index contributed by atoms with van der Waals surface area (Å²) >= 11 is 0. The molecule has 3 rings (SSSR count). The Bertz CT molecular complexity index is 878. The number of anilines is 2. The number of carbonyl (C=O) groups excluding carboxylic acids is 2. The standard InChI is InChI=1S/C21H24N2O4/c1-13-6-5-7-17(14(13)2)23-11-10-16(21(23)25)20(24)22-15-8-9-18(26-3)19(12-15)27-4/h5-9,12,16H,10-11H2,1-4H3,(H,22,24). The highest BCUT2D eigenvalue weighted by Gasteiger charge is 2.38. The van der Waals surface area contributed by atoms with E-state index >= 15 is 0 Å². The number of nitrogens with zero attached hydrogens (tertiary/aromatic N) is 1. The molecule has 0 aliphatic carbocycles. The summed E-state index contributed by atoms with van der Waals surface area (Å²) in [4.78, 5) is 27.2. The zero-order chi connectivity index (χ0) is 19.6. The highest BCUT2D eigenvalue weighted by molar-refractivity contribution is 6.13. The highest BCUT2D eigenvalue weighted by atomic mass is 16.5. The van der Waals surface area contributed by atoms with Gasteiger partial charge in [-0.15, -0.1) is 0 Å². The van der Waals surface area contributed by atoms with Crippen LogP contribution in [0, 0.1) is 19.8 Å². The molecule has 27 heavy (non-hydrogen) atoms. The molecular weight excluding hydrogens is 344 g/mol. The average molecular weight is 368 g/mol. The van der Waals surface area contributed by atoms with E-state index in [1.807, 2.05) is 32.0 Å². The predicted molar refractivity (Wildman–Crippen MR) is 105 cm³/mol. The number of methoxy groups -OCH3 is 2. The van der Waals surface area contributed by atoms with Crippen molar-refractivity contribution in [3.63, 3.8) is 0 Å². The van der Waals surface area contributed by atoms with Gasteiger partial charge in [-0.05, 0) is 49.6 Å². The van der Waals surface area contributed by atoms with E-state index in [1.54, 1.807) is 30.2 Å². The van der Waals surface area contributed by atoms with Crippen molar-refractivity contribution in [2.45, 2.75) is 20.3 Å². The van der Waals surface area contributed by atoms with E-state index in [2.05, 4.69) is 5.32 Å². The summed E-state index contributed by atoms with van der Waals surface area (Å²) < 4.78 is 10.5. The molecule has 1 N–H and O–H groups in total. The van der Waals surface area contributed by atoms with Crippen LogP contribution in [0.3, 0.4) is 0 Å². The first-order valence-corrected chi connectivity index (χ1v) is 8.86. The largest absolute Gasteiger partial charge is 0.493 e. The first-order valence-electron chi connectivity index (χ1n) is 8.86. The van der Waals surface area contributed by atoms with Crippen molar-refractivity contribution in [3.8, 4) is 11.5 Å². The molecule has 2 aromatic carbocycles. The number of nitrogens with one attached hydrogen (secondary N) is 1. The Morgan fingerprint density at radius 1 is 1.11 bits per heavy atom. The lowest BCUT2D eigenvalue weighted by atomic mass is 10.1. The normalized spacial score (nSPS) is 16.4. The summed E-state index contributed by atoms with van der Waals surface area (Å²) in [6, 6.07) is 11.0. The molecule has 1 saturated heterocycles. The Balaban J connectivity index is 1.75. The van der Waals surface area contributed by atoms with Crippen molar-refractivity contribution in [1.82, 2.24) is 0 Å². The van der Waals surface area contributed by atoms with Crippen molar-refractivity contribution in [1.29, 1.82) is 0 Å². The van der Waals surface area contributed by atoms with Crippen LogP contribution in [0.2, 0.25) is 0 Å². The molecule has 0 saturated carbocycles. The maximum absolute atomic E-state index is 12.8. The highest BCUT2D eigenvalue weighted by Crippen LogP contribution is 2.32. The number of carbonyl (C=O) groups is 2. The molecule has 0 bridgehead atoms. The molecular formula is C21H24N2O4. The second-order valence-corrected chi connectivity index (χ2v) is 6.61. The van der Waals surface area contributed by atoms with Crippen molar-refractivity contribution in [2.24, 2.45) is 5.92 Å². The van der Waals surface area contributed by atoms with Crippen LogP contribution in [0.1, 0.15) is 17.5 Å². The summed E-state index contributed by atoms with van der Waals surface area (Å²) in [5.41, 5.74) is 3.63. The van der Waals surface area contributed by atoms with Gasteiger partial charge in [0.25, 0.3) is 0 Å². The van der Waals surface area contributed by atoms with Gasteiger partial charge in [0.1, 0.15) is 5.92 Å². The van der Waals surface area contributed by atoms with E-state index in [4.69, 9.17) is 9.47 Å². The number of amides is 2. The van der Waals surface area contributed by atoms with E-state index in [1.165, 1.54) is 7.11 Å². The number of hydrogen-bond donors (Lipinski definition) is 1. The van der Waals surface area contributed by atoms with E-state index < -0.39 is 5.92 Å². The van der Waals surface area contributed by atoms with Crippen LogP contribution >= 0.6 is 0 Å². The molecule has 0 spiro atoms. The number of ether oxygens (including phenoxy) is 2. The first kappa shape index (κ1) is 18.8. The molecule has 1 fully saturated rings. The molecule has 6 nitrogen and oxygen atoms in total. The third-order valence-electron chi connectivity index (χ3n) is 5.04. The molecule has 1 heterocycles. The van der Waals surface area contributed by atoms with Gasteiger partial charge in [-0.2, -0.15) is 0 Å². The minimum atomic E-state index is -0.696. The summed E-state index contributed by atoms with van der Waals surface area (Å²) in [7, 11) is 3.08. The molecule has 1 aliphatic rings. The van der Waals surface area contributed by atoms with Gasteiger partial charge in [-0.25, -0.2) is 0 Å². The molecule has 0 aromatic heterocycles. The minimum absolute atomic E-state index is 0.165. The lowest BCUT2D eigenvalue weighted by Crippen LogP contribution is -2.33. The predicted octanol–water partition coefficient (Wildman–Crippen LogP) is 3.31. The van der Waals surface area contributed by atoms with Gasteiger partial charge >= 0.3 is 0 Å². The number of rotatable bonds is 5.